The van der Waals surface area contributed by atoms with Crippen molar-refractivity contribution in [3.05, 3.63) is 33.4 Å². The molecule has 0 aliphatic carbocycles. The first-order valence-electron chi connectivity index (χ1n) is 4.27. The maximum atomic E-state index is 10.7. The van der Waals surface area contributed by atoms with Gasteiger partial charge in [-0.05, 0) is 18.1 Å². The fourth-order valence-electron chi connectivity index (χ4n) is 1.26. The van der Waals surface area contributed by atoms with Gasteiger partial charge in [-0.3, -0.25) is 10.1 Å². The normalized spacial score (nSPS) is 9.93. The number of nitro groups is 1. The quantitative estimate of drug-likeness (QED) is 0.446. The van der Waals surface area contributed by atoms with Crippen molar-refractivity contribution in [3.63, 3.8) is 0 Å². The van der Waals surface area contributed by atoms with Gasteiger partial charge in [-0.1, -0.05) is 6.92 Å². The number of hydrogen-bond donors (Lipinski definition) is 2. The number of anilines is 1. The van der Waals surface area contributed by atoms with Crippen molar-refractivity contribution in [2.45, 2.75) is 13.3 Å². The number of carbonyl (C=O) groups is 1. The Morgan fingerprint density at radius 3 is 2.60 bits per heavy atom. The van der Waals surface area contributed by atoms with E-state index in [0.29, 0.717) is 12.0 Å². The molecule has 0 aromatic heterocycles. The maximum absolute atomic E-state index is 10.7. The largest absolute Gasteiger partial charge is 0.478 e. The van der Waals surface area contributed by atoms with Gasteiger partial charge in [-0.2, -0.15) is 0 Å². The van der Waals surface area contributed by atoms with Gasteiger partial charge in [0.05, 0.1) is 10.5 Å². The second kappa shape index (κ2) is 3.95. The molecule has 15 heavy (non-hydrogen) atoms. The van der Waals surface area contributed by atoms with E-state index in [2.05, 4.69) is 0 Å². The predicted molar refractivity (Wildman–Crippen MR) is 53.8 cm³/mol. The Morgan fingerprint density at radius 1 is 1.60 bits per heavy atom. The average Bonchev–Trinajstić information content (AvgIpc) is 2.17. The third-order valence-corrected chi connectivity index (χ3v) is 2.07. The third kappa shape index (κ3) is 2.04. The number of carboxylic acid groups (broad SMARTS) is 1. The van der Waals surface area contributed by atoms with Gasteiger partial charge < -0.3 is 10.8 Å². The van der Waals surface area contributed by atoms with E-state index >= 15 is 0 Å². The van der Waals surface area contributed by atoms with Crippen LogP contribution in [-0.2, 0) is 6.42 Å². The van der Waals surface area contributed by atoms with Crippen molar-refractivity contribution in [2.24, 2.45) is 0 Å². The molecule has 0 amide bonds. The molecule has 6 nitrogen and oxygen atoms in total. The molecule has 0 fully saturated rings. The van der Waals surface area contributed by atoms with Gasteiger partial charge in [-0.15, -0.1) is 0 Å². The van der Waals surface area contributed by atoms with Gasteiger partial charge in [-0.25, -0.2) is 4.79 Å². The summed E-state index contributed by atoms with van der Waals surface area (Å²) in [6, 6.07) is 2.32. The van der Waals surface area contributed by atoms with Crippen molar-refractivity contribution in [2.75, 3.05) is 5.73 Å². The molecule has 1 rings (SSSR count). The Labute approximate surface area is 85.5 Å². The van der Waals surface area contributed by atoms with E-state index in [1.54, 1.807) is 6.92 Å². The molecule has 0 unspecified atom stereocenters. The molecule has 0 spiro atoms. The highest BCUT2D eigenvalue weighted by molar-refractivity contribution is 5.90. The van der Waals surface area contributed by atoms with E-state index in [1.165, 1.54) is 6.07 Å². The topological polar surface area (TPSA) is 106 Å². The maximum Gasteiger partial charge on any atom is 0.335 e. The number of nitrogens with two attached hydrogens (primary N) is 1. The molecule has 0 bridgehead atoms. The molecule has 0 atom stereocenters. The minimum Gasteiger partial charge on any atom is -0.478 e. The monoisotopic (exact) mass is 210 g/mol. The fourth-order valence-corrected chi connectivity index (χ4v) is 1.26. The lowest BCUT2D eigenvalue weighted by atomic mass is 10.0. The summed E-state index contributed by atoms with van der Waals surface area (Å²) in [6.07, 6.45) is 0.452. The van der Waals surface area contributed by atoms with E-state index in [0.717, 1.165) is 6.07 Å². The van der Waals surface area contributed by atoms with Crippen molar-refractivity contribution in [1.82, 2.24) is 0 Å². The van der Waals surface area contributed by atoms with Crippen LogP contribution in [0.1, 0.15) is 22.8 Å². The van der Waals surface area contributed by atoms with Crippen LogP contribution in [0.2, 0.25) is 0 Å². The van der Waals surface area contributed by atoms with Gasteiger partial charge >= 0.3 is 5.97 Å². The smallest absolute Gasteiger partial charge is 0.335 e. The summed E-state index contributed by atoms with van der Waals surface area (Å²) in [7, 11) is 0. The number of carboxylic acids is 1. The van der Waals surface area contributed by atoms with Gasteiger partial charge in [0.15, 0.2) is 0 Å². The second-order valence-electron chi connectivity index (χ2n) is 2.98. The van der Waals surface area contributed by atoms with Crippen LogP contribution in [0.25, 0.3) is 0 Å². The number of nitrogen functional groups attached to an aromatic ring is 1. The Balaban J connectivity index is 3.45. The SMILES string of the molecule is CCc1cc(C(=O)O)cc([N+](=O)[O-])c1N. The summed E-state index contributed by atoms with van der Waals surface area (Å²) in [5, 5.41) is 19.3. The third-order valence-electron chi connectivity index (χ3n) is 2.07. The predicted octanol–water partition coefficient (Wildman–Crippen LogP) is 1.44. The minimum atomic E-state index is -1.20. The lowest BCUT2D eigenvalue weighted by molar-refractivity contribution is -0.384. The lowest BCUT2D eigenvalue weighted by Gasteiger charge is -2.05. The molecule has 1 aromatic rings. The van der Waals surface area contributed by atoms with Crippen LogP contribution in [-0.4, -0.2) is 16.0 Å². The summed E-state index contributed by atoms with van der Waals surface area (Å²) in [5.41, 5.74) is 5.56. The number of aromatic carboxylic acids is 1. The van der Waals surface area contributed by atoms with Gasteiger partial charge in [0.1, 0.15) is 5.69 Å². The minimum absolute atomic E-state index is 0.0347. The molecule has 0 radical (unpaired) electrons. The Kier molecular flexibility index (Phi) is 2.89. The molecule has 0 aliphatic rings. The van der Waals surface area contributed by atoms with Crippen LogP contribution in [0.15, 0.2) is 12.1 Å². The first-order valence-corrected chi connectivity index (χ1v) is 4.27. The molecule has 0 heterocycles. The molecular weight excluding hydrogens is 200 g/mol. The standard InChI is InChI=1S/C9H10N2O4/c1-2-5-3-6(9(12)13)4-7(8(5)10)11(14)15/h3-4H,2,10H2,1H3,(H,12,13). The summed E-state index contributed by atoms with van der Waals surface area (Å²) < 4.78 is 0. The van der Waals surface area contributed by atoms with Crippen LogP contribution in [0.3, 0.4) is 0 Å². The molecular formula is C9H10N2O4. The molecule has 0 aliphatic heterocycles. The zero-order valence-corrected chi connectivity index (χ0v) is 8.06. The first-order chi connectivity index (χ1) is 6.97. The van der Waals surface area contributed by atoms with E-state index < -0.39 is 10.9 Å². The Morgan fingerprint density at radius 2 is 2.20 bits per heavy atom. The highest BCUT2D eigenvalue weighted by Crippen LogP contribution is 2.27. The molecule has 3 N–H and O–H groups in total. The first kappa shape index (κ1) is 11.0. The summed E-state index contributed by atoms with van der Waals surface area (Å²) in [4.78, 5) is 20.6. The van der Waals surface area contributed by atoms with E-state index in [-0.39, 0.29) is 16.9 Å². The van der Waals surface area contributed by atoms with Crippen LogP contribution in [0.5, 0.6) is 0 Å². The van der Waals surface area contributed by atoms with E-state index in [9.17, 15) is 14.9 Å². The van der Waals surface area contributed by atoms with Crippen LogP contribution in [0.4, 0.5) is 11.4 Å². The van der Waals surface area contributed by atoms with E-state index in [1.807, 2.05) is 0 Å². The molecule has 0 saturated heterocycles. The number of aryl methyl sites for hydroxylation is 1. The highest BCUT2D eigenvalue weighted by Gasteiger charge is 2.18. The molecule has 80 valence electrons. The number of nitro benzene ring substituents is 1. The molecule has 1 aromatic carbocycles. The highest BCUT2D eigenvalue weighted by atomic mass is 16.6. The van der Waals surface area contributed by atoms with Crippen molar-refractivity contribution >= 4 is 17.3 Å². The number of nitrogens with zero attached hydrogens (tertiary/aromatic N) is 1. The van der Waals surface area contributed by atoms with Crippen LogP contribution < -0.4 is 5.73 Å². The van der Waals surface area contributed by atoms with Crippen molar-refractivity contribution < 1.29 is 14.8 Å². The van der Waals surface area contributed by atoms with Crippen molar-refractivity contribution in [3.8, 4) is 0 Å². The number of hydrogen-bond acceptors (Lipinski definition) is 4. The summed E-state index contributed by atoms with van der Waals surface area (Å²) in [5.74, 6) is -1.20. The van der Waals surface area contributed by atoms with Gasteiger partial charge in [0.2, 0.25) is 0 Å². The van der Waals surface area contributed by atoms with Crippen LogP contribution in [0, 0.1) is 10.1 Å². The molecule has 0 saturated carbocycles. The van der Waals surface area contributed by atoms with E-state index in [4.69, 9.17) is 10.8 Å². The second-order valence-corrected chi connectivity index (χ2v) is 2.98. The number of benzene rings is 1. The summed E-state index contributed by atoms with van der Waals surface area (Å²) >= 11 is 0. The lowest BCUT2D eigenvalue weighted by Crippen LogP contribution is -2.04. The summed E-state index contributed by atoms with van der Waals surface area (Å²) in [6.45, 7) is 1.75. The van der Waals surface area contributed by atoms with Crippen molar-refractivity contribution in [1.29, 1.82) is 0 Å². The fraction of sp³-hybridized carbons (Fsp3) is 0.222. The zero-order valence-electron chi connectivity index (χ0n) is 8.06. The number of rotatable bonds is 3. The molecule has 6 heteroatoms. The Hall–Kier alpha value is -2.11. The average molecular weight is 210 g/mol. The zero-order chi connectivity index (χ0) is 11.6. The van der Waals surface area contributed by atoms with Gasteiger partial charge in [0, 0.05) is 6.07 Å². The van der Waals surface area contributed by atoms with Gasteiger partial charge in [0.25, 0.3) is 5.69 Å². The Bertz CT molecular complexity index is 428. The van der Waals surface area contributed by atoms with Crippen LogP contribution >= 0.6 is 0 Å².